The molecule has 0 radical (unpaired) electrons. The molecule has 0 bridgehead atoms. The predicted octanol–water partition coefficient (Wildman–Crippen LogP) is 3.60. The number of nitrogens with one attached hydrogen (secondary N) is 2. The molecule has 2 rings (SSSR count). The lowest BCUT2D eigenvalue weighted by atomic mass is 10.0. The molecule has 1 aromatic rings. The topological polar surface area (TPSA) is 81.8 Å². The molecule has 1 aromatic carbocycles. The van der Waals surface area contributed by atoms with Crippen LogP contribution in [0.1, 0.15) is 52.9 Å². The molecular formula is C23H34N4O3. The molecule has 0 aromatic heterocycles. The molecule has 1 aliphatic carbocycles. The molecule has 3 amide bonds. The molecule has 0 fully saturated rings. The molecule has 0 heterocycles. The molecule has 30 heavy (non-hydrogen) atoms. The fraction of sp³-hybridized carbons (Fsp3) is 0.522. The average molecular weight is 415 g/mol. The Morgan fingerprint density at radius 1 is 0.967 bits per heavy atom. The number of carbonyl (C=O) groups excluding carboxylic acids is 3. The Hall–Kier alpha value is -2.67. The Balaban J connectivity index is 1.91. The van der Waals surface area contributed by atoms with E-state index in [1.807, 2.05) is 16.7 Å². The molecule has 0 unspecified atom stereocenters. The normalized spacial score (nSPS) is 13.5. The third-order valence-electron chi connectivity index (χ3n) is 5.02. The van der Waals surface area contributed by atoms with Crippen molar-refractivity contribution in [3.05, 3.63) is 36.0 Å². The number of anilines is 2. The van der Waals surface area contributed by atoms with Crippen LogP contribution in [0.2, 0.25) is 0 Å². The van der Waals surface area contributed by atoms with Gasteiger partial charge in [-0.3, -0.25) is 19.3 Å². The first-order valence-corrected chi connectivity index (χ1v) is 10.8. The van der Waals surface area contributed by atoms with E-state index in [0.29, 0.717) is 17.9 Å². The van der Waals surface area contributed by atoms with Crippen molar-refractivity contribution in [1.82, 2.24) is 9.80 Å². The molecule has 7 nitrogen and oxygen atoms in total. The second-order valence-corrected chi connectivity index (χ2v) is 7.60. The van der Waals surface area contributed by atoms with Gasteiger partial charge in [-0.15, -0.1) is 0 Å². The van der Waals surface area contributed by atoms with Crippen LogP contribution in [-0.4, -0.2) is 53.7 Å². The first-order chi connectivity index (χ1) is 14.4. The van der Waals surface area contributed by atoms with Crippen LogP contribution < -0.4 is 10.6 Å². The summed E-state index contributed by atoms with van der Waals surface area (Å²) < 4.78 is 0. The minimum atomic E-state index is -0.171. The van der Waals surface area contributed by atoms with E-state index in [0.717, 1.165) is 37.9 Å². The minimum Gasteiger partial charge on any atom is -0.326 e. The predicted molar refractivity (Wildman–Crippen MR) is 120 cm³/mol. The summed E-state index contributed by atoms with van der Waals surface area (Å²) >= 11 is 0. The molecule has 0 saturated carbocycles. The number of rotatable bonds is 10. The zero-order valence-electron chi connectivity index (χ0n) is 18.4. The summed E-state index contributed by atoms with van der Waals surface area (Å²) in [5.74, 6) is -0.258. The van der Waals surface area contributed by atoms with Crippen molar-refractivity contribution < 1.29 is 14.4 Å². The van der Waals surface area contributed by atoms with Crippen molar-refractivity contribution in [2.24, 2.45) is 0 Å². The number of benzene rings is 1. The summed E-state index contributed by atoms with van der Waals surface area (Å²) in [4.78, 5) is 40.3. The maximum absolute atomic E-state index is 12.9. The average Bonchev–Trinajstić information content (AvgIpc) is 2.73. The van der Waals surface area contributed by atoms with Crippen LogP contribution in [-0.2, 0) is 14.4 Å². The third kappa shape index (κ3) is 7.63. The van der Waals surface area contributed by atoms with E-state index in [1.54, 1.807) is 24.3 Å². The highest BCUT2D eigenvalue weighted by Gasteiger charge is 2.21. The number of amides is 3. The number of nitrogens with zero attached hydrogens (tertiary/aromatic N) is 2. The molecule has 7 heteroatoms. The van der Waals surface area contributed by atoms with Crippen molar-refractivity contribution in [3.8, 4) is 0 Å². The lowest BCUT2D eigenvalue weighted by molar-refractivity contribution is -0.131. The highest BCUT2D eigenvalue weighted by Crippen LogP contribution is 2.21. The van der Waals surface area contributed by atoms with Crippen molar-refractivity contribution >= 4 is 29.1 Å². The summed E-state index contributed by atoms with van der Waals surface area (Å²) in [5, 5.41) is 5.54. The van der Waals surface area contributed by atoms with E-state index in [1.165, 1.54) is 13.3 Å². The van der Waals surface area contributed by atoms with Crippen molar-refractivity contribution in [1.29, 1.82) is 0 Å². The monoisotopic (exact) mass is 414 g/mol. The number of hydrogen-bond acceptors (Lipinski definition) is 4. The first kappa shape index (κ1) is 23.6. The fourth-order valence-electron chi connectivity index (χ4n) is 3.52. The summed E-state index contributed by atoms with van der Waals surface area (Å²) in [6.45, 7) is 7.17. The Morgan fingerprint density at radius 2 is 1.63 bits per heavy atom. The molecule has 0 saturated heterocycles. The van der Waals surface area contributed by atoms with E-state index in [-0.39, 0.29) is 30.8 Å². The van der Waals surface area contributed by atoms with Gasteiger partial charge in [0, 0.05) is 30.5 Å². The number of likely N-dealkylation sites (N-methyl/N-ethyl adjacent to an activating group) is 1. The van der Waals surface area contributed by atoms with Gasteiger partial charge in [-0.1, -0.05) is 19.9 Å². The zero-order chi connectivity index (χ0) is 21.9. The summed E-state index contributed by atoms with van der Waals surface area (Å²) in [7, 11) is 0. The highest BCUT2D eigenvalue weighted by molar-refractivity contribution is 5.93. The van der Waals surface area contributed by atoms with Crippen LogP contribution in [0.3, 0.4) is 0 Å². The summed E-state index contributed by atoms with van der Waals surface area (Å²) in [6.07, 6.45) is 7.38. The fourth-order valence-corrected chi connectivity index (χ4v) is 3.52. The maximum Gasteiger partial charge on any atom is 0.240 e. The van der Waals surface area contributed by atoms with E-state index in [9.17, 15) is 14.4 Å². The van der Waals surface area contributed by atoms with Gasteiger partial charge < -0.3 is 15.5 Å². The Morgan fingerprint density at radius 3 is 2.17 bits per heavy atom. The van der Waals surface area contributed by atoms with Gasteiger partial charge in [0.25, 0.3) is 0 Å². The zero-order valence-corrected chi connectivity index (χ0v) is 18.4. The summed E-state index contributed by atoms with van der Waals surface area (Å²) in [6, 6.07) is 6.95. The van der Waals surface area contributed by atoms with Crippen LogP contribution in [0.25, 0.3) is 0 Å². The van der Waals surface area contributed by atoms with Gasteiger partial charge >= 0.3 is 0 Å². The van der Waals surface area contributed by atoms with Gasteiger partial charge in [0.2, 0.25) is 17.7 Å². The first-order valence-electron chi connectivity index (χ1n) is 10.8. The quantitative estimate of drug-likeness (QED) is 0.613. The van der Waals surface area contributed by atoms with E-state index in [4.69, 9.17) is 0 Å². The van der Waals surface area contributed by atoms with Crippen LogP contribution in [0.5, 0.6) is 0 Å². The maximum atomic E-state index is 12.9. The smallest absolute Gasteiger partial charge is 0.240 e. The standard InChI is InChI=1S/C23H34N4O3/c1-4-15-27(21-9-7-6-8-10-21)23(30)17-26(5-2)16-22(29)25-20-13-11-19(12-14-20)24-18(3)28/h9,11-14H,4-8,10,15-17H2,1-3H3,(H,24,28)(H,25,29). The molecule has 0 spiro atoms. The van der Waals surface area contributed by atoms with E-state index < -0.39 is 0 Å². The van der Waals surface area contributed by atoms with Gasteiger partial charge in [0.05, 0.1) is 13.1 Å². The van der Waals surface area contributed by atoms with E-state index >= 15 is 0 Å². The Labute approximate surface area is 179 Å². The SMILES string of the molecule is CCCN(C(=O)CN(CC)CC(=O)Nc1ccc(NC(C)=O)cc1)C1=CCCCC1. The van der Waals surface area contributed by atoms with Crippen LogP contribution in [0.4, 0.5) is 11.4 Å². The van der Waals surface area contributed by atoms with Gasteiger partial charge in [0.1, 0.15) is 0 Å². The Kier molecular flexibility index (Phi) is 9.54. The number of allylic oxidation sites excluding steroid dienone is 2. The minimum absolute atomic E-state index is 0.0549. The molecular weight excluding hydrogens is 380 g/mol. The van der Waals surface area contributed by atoms with E-state index in [2.05, 4.69) is 23.6 Å². The molecule has 164 valence electrons. The Bertz CT molecular complexity index is 758. The second kappa shape index (κ2) is 12.1. The van der Waals surface area contributed by atoms with Crippen LogP contribution in [0, 0.1) is 0 Å². The van der Waals surface area contributed by atoms with Crippen LogP contribution >= 0.6 is 0 Å². The van der Waals surface area contributed by atoms with Gasteiger partial charge in [-0.2, -0.15) is 0 Å². The number of hydrogen-bond donors (Lipinski definition) is 2. The largest absolute Gasteiger partial charge is 0.326 e. The van der Waals surface area contributed by atoms with Crippen molar-refractivity contribution in [3.63, 3.8) is 0 Å². The van der Waals surface area contributed by atoms with Crippen molar-refractivity contribution in [2.75, 3.05) is 36.8 Å². The second-order valence-electron chi connectivity index (χ2n) is 7.60. The lowest BCUT2D eigenvalue weighted by Crippen LogP contribution is -2.43. The van der Waals surface area contributed by atoms with Gasteiger partial charge in [0.15, 0.2) is 0 Å². The highest BCUT2D eigenvalue weighted by atomic mass is 16.2. The summed E-state index contributed by atoms with van der Waals surface area (Å²) in [5.41, 5.74) is 2.46. The third-order valence-corrected chi connectivity index (χ3v) is 5.02. The van der Waals surface area contributed by atoms with Gasteiger partial charge in [-0.05, 0) is 62.9 Å². The molecule has 0 aliphatic heterocycles. The molecule has 0 atom stereocenters. The van der Waals surface area contributed by atoms with Crippen molar-refractivity contribution in [2.45, 2.75) is 52.9 Å². The van der Waals surface area contributed by atoms with Gasteiger partial charge in [-0.25, -0.2) is 0 Å². The molecule has 1 aliphatic rings. The molecule has 2 N–H and O–H groups in total. The lowest BCUT2D eigenvalue weighted by Gasteiger charge is -2.30. The number of carbonyl (C=O) groups is 3. The van der Waals surface area contributed by atoms with Crippen LogP contribution in [0.15, 0.2) is 36.0 Å².